The molecule has 42 heavy (non-hydrogen) atoms. The minimum Gasteiger partial charge on any atom is -0.497 e. The Labute approximate surface area is 249 Å². The van der Waals surface area contributed by atoms with E-state index in [4.69, 9.17) is 19.3 Å². The normalized spacial score (nSPS) is 16.6. The summed E-state index contributed by atoms with van der Waals surface area (Å²) in [6.45, 7) is 6.85. The van der Waals surface area contributed by atoms with E-state index in [9.17, 15) is 4.79 Å². The van der Waals surface area contributed by atoms with Crippen molar-refractivity contribution in [1.82, 2.24) is 19.6 Å². The minimum absolute atomic E-state index is 0.0113. The quantitative estimate of drug-likeness (QED) is 0.238. The molecule has 2 aromatic carbocycles. The molecule has 226 valence electrons. The number of benzene rings is 2. The van der Waals surface area contributed by atoms with Crippen molar-refractivity contribution in [2.24, 2.45) is 0 Å². The second kappa shape index (κ2) is 14.0. The Kier molecular flexibility index (Phi) is 9.89. The highest BCUT2D eigenvalue weighted by Crippen LogP contribution is 2.34. The number of anilines is 1. The Balaban J connectivity index is 1.31. The number of carbonyl (C=O) groups is 1. The summed E-state index contributed by atoms with van der Waals surface area (Å²) in [5.41, 5.74) is 3.96. The van der Waals surface area contributed by atoms with Gasteiger partial charge in [-0.15, -0.1) is 0 Å². The molecule has 2 fully saturated rings. The molecule has 0 radical (unpaired) electrons. The van der Waals surface area contributed by atoms with E-state index >= 15 is 0 Å². The molecule has 2 saturated heterocycles. The van der Waals surface area contributed by atoms with Gasteiger partial charge in [0.1, 0.15) is 5.75 Å². The lowest BCUT2D eigenvalue weighted by Crippen LogP contribution is -2.49. The number of carbonyl (C=O) groups excluding carboxylic acids is 1. The van der Waals surface area contributed by atoms with Gasteiger partial charge < -0.3 is 24.0 Å². The molecular weight excluding hydrogens is 530 g/mol. The Bertz CT molecular complexity index is 1330. The van der Waals surface area contributed by atoms with Gasteiger partial charge in [0.2, 0.25) is 0 Å². The van der Waals surface area contributed by atoms with E-state index in [2.05, 4.69) is 35.8 Å². The first-order valence-electron chi connectivity index (χ1n) is 15.3. The largest absolute Gasteiger partial charge is 0.497 e. The van der Waals surface area contributed by atoms with Gasteiger partial charge in [0.15, 0.2) is 11.5 Å². The maximum Gasteiger partial charge on any atom is 0.324 e. The summed E-state index contributed by atoms with van der Waals surface area (Å²) in [7, 11) is 5.50. The van der Waals surface area contributed by atoms with E-state index < -0.39 is 0 Å². The fourth-order valence-corrected chi connectivity index (χ4v) is 5.85. The zero-order valence-corrected chi connectivity index (χ0v) is 25.6. The summed E-state index contributed by atoms with van der Waals surface area (Å²) in [5.74, 6) is 2.13. The summed E-state index contributed by atoms with van der Waals surface area (Å²) >= 11 is 0. The van der Waals surface area contributed by atoms with Gasteiger partial charge in [-0.3, -0.25) is 9.58 Å². The molecule has 3 heterocycles. The van der Waals surface area contributed by atoms with Crippen LogP contribution in [0.15, 0.2) is 48.8 Å². The molecule has 0 aliphatic carbocycles. The van der Waals surface area contributed by atoms with Crippen molar-refractivity contribution < 1.29 is 19.0 Å². The van der Waals surface area contributed by atoms with Crippen LogP contribution in [0.5, 0.6) is 17.2 Å². The minimum atomic E-state index is -0.0113. The third-order valence-corrected chi connectivity index (χ3v) is 8.35. The number of nitrogens with zero attached hydrogens (tertiary/aromatic N) is 5. The number of unbranched alkanes of at least 4 members (excludes halogenated alkanes) is 2. The predicted octanol–water partition coefficient (Wildman–Crippen LogP) is 6.24. The second-order valence-corrected chi connectivity index (χ2v) is 11.4. The molecule has 9 nitrogen and oxygen atoms in total. The van der Waals surface area contributed by atoms with Crippen LogP contribution in [-0.2, 0) is 6.54 Å². The van der Waals surface area contributed by atoms with Gasteiger partial charge in [-0.2, -0.15) is 5.10 Å². The van der Waals surface area contributed by atoms with E-state index in [1.165, 1.54) is 0 Å². The monoisotopic (exact) mass is 575 g/mol. The number of rotatable bonds is 12. The van der Waals surface area contributed by atoms with Gasteiger partial charge in [-0.25, -0.2) is 4.79 Å². The summed E-state index contributed by atoms with van der Waals surface area (Å²) in [4.78, 5) is 19.9. The fraction of sp³-hybridized carbons (Fsp3) is 0.515. The summed E-state index contributed by atoms with van der Waals surface area (Å²) < 4.78 is 19.4. The topological polar surface area (TPSA) is 72.3 Å². The molecule has 3 aromatic rings. The first-order chi connectivity index (χ1) is 20.5. The van der Waals surface area contributed by atoms with Gasteiger partial charge in [-0.05, 0) is 87.3 Å². The number of likely N-dealkylation sites (tertiary alicyclic amines) is 1. The van der Waals surface area contributed by atoms with Crippen molar-refractivity contribution in [3.8, 4) is 28.4 Å². The average Bonchev–Trinajstić information content (AvgIpc) is 3.51. The van der Waals surface area contributed by atoms with E-state index in [1.807, 2.05) is 46.3 Å². The molecule has 0 spiro atoms. The average molecular weight is 576 g/mol. The molecule has 1 aromatic heterocycles. The Morgan fingerprint density at radius 1 is 0.929 bits per heavy atom. The van der Waals surface area contributed by atoms with Crippen LogP contribution in [-0.4, -0.2) is 79.7 Å². The highest BCUT2D eigenvalue weighted by Gasteiger charge is 2.28. The number of aromatic nitrogens is 2. The number of hydrogen-bond donors (Lipinski definition) is 0. The van der Waals surface area contributed by atoms with E-state index in [0.29, 0.717) is 43.8 Å². The van der Waals surface area contributed by atoms with Crippen molar-refractivity contribution in [2.45, 2.75) is 58.0 Å². The molecule has 2 aliphatic heterocycles. The highest BCUT2D eigenvalue weighted by molar-refractivity contribution is 5.93. The van der Waals surface area contributed by atoms with E-state index in [-0.39, 0.29) is 6.03 Å². The number of ether oxygens (including phenoxy) is 3. The number of amides is 2. The summed E-state index contributed by atoms with van der Waals surface area (Å²) in [6.07, 6.45) is 10.4. The lowest BCUT2D eigenvalue weighted by molar-refractivity contribution is 0.192. The van der Waals surface area contributed by atoms with Crippen molar-refractivity contribution in [3.63, 3.8) is 0 Å². The standard InChI is InChI=1S/C33H45N5O4/c1-5-6-7-17-42-32-21-29(9-10-31(32)41-4)37-14-8-13-36(33(37)39)23-25-18-26(20-30(19-25)40-3)27-22-34-38(24-27)28-11-15-35(2)16-12-28/h9-10,18-22,24,28H,5-8,11-17,23H2,1-4H3. The van der Waals surface area contributed by atoms with Gasteiger partial charge in [0, 0.05) is 43.1 Å². The van der Waals surface area contributed by atoms with Crippen LogP contribution in [0.3, 0.4) is 0 Å². The van der Waals surface area contributed by atoms with E-state index in [1.54, 1.807) is 14.2 Å². The molecular formula is C33H45N5O4. The fourth-order valence-electron chi connectivity index (χ4n) is 5.85. The molecule has 0 saturated carbocycles. The molecule has 0 atom stereocenters. The number of methoxy groups -OCH3 is 2. The third-order valence-electron chi connectivity index (χ3n) is 8.35. The predicted molar refractivity (Wildman–Crippen MR) is 166 cm³/mol. The number of piperidine rings is 1. The van der Waals surface area contributed by atoms with Crippen LogP contribution in [0, 0.1) is 0 Å². The van der Waals surface area contributed by atoms with Crippen LogP contribution in [0.1, 0.15) is 57.1 Å². The number of hydrogen-bond acceptors (Lipinski definition) is 6. The molecule has 0 bridgehead atoms. The molecule has 0 unspecified atom stereocenters. The van der Waals surface area contributed by atoms with Crippen molar-refractivity contribution in [1.29, 1.82) is 0 Å². The summed E-state index contributed by atoms with van der Waals surface area (Å²) in [6, 6.07) is 12.4. The molecule has 2 amide bonds. The Morgan fingerprint density at radius 3 is 2.52 bits per heavy atom. The third kappa shape index (κ3) is 7.01. The van der Waals surface area contributed by atoms with Crippen molar-refractivity contribution >= 4 is 11.7 Å². The van der Waals surface area contributed by atoms with Crippen LogP contribution >= 0.6 is 0 Å². The highest BCUT2D eigenvalue weighted by atomic mass is 16.5. The van der Waals surface area contributed by atoms with Crippen molar-refractivity contribution in [3.05, 3.63) is 54.4 Å². The Morgan fingerprint density at radius 2 is 1.76 bits per heavy atom. The maximum absolute atomic E-state index is 13.7. The first-order valence-corrected chi connectivity index (χ1v) is 15.3. The Hall–Kier alpha value is -3.72. The number of urea groups is 1. The van der Waals surface area contributed by atoms with Gasteiger partial charge in [0.05, 0.1) is 33.1 Å². The summed E-state index contributed by atoms with van der Waals surface area (Å²) in [5, 5.41) is 4.71. The smallest absolute Gasteiger partial charge is 0.324 e. The molecule has 5 rings (SSSR count). The second-order valence-electron chi connectivity index (χ2n) is 11.4. The van der Waals surface area contributed by atoms with Crippen LogP contribution < -0.4 is 19.1 Å². The lowest BCUT2D eigenvalue weighted by Gasteiger charge is -2.36. The zero-order chi connectivity index (χ0) is 29.5. The molecule has 9 heteroatoms. The van der Waals surface area contributed by atoms with E-state index in [0.717, 1.165) is 79.7 Å². The van der Waals surface area contributed by atoms with Crippen LogP contribution in [0.2, 0.25) is 0 Å². The van der Waals surface area contributed by atoms with Gasteiger partial charge in [-0.1, -0.05) is 19.8 Å². The van der Waals surface area contributed by atoms with Gasteiger partial charge in [0.25, 0.3) is 0 Å². The lowest BCUT2D eigenvalue weighted by atomic mass is 10.0. The zero-order valence-electron chi connectivity index (χ0n) is 25.6. The SMILES string of the molecule is CCCCCOc1cc(N2CCCN(Cc3cc(OC)cc(-c4cnn(C5CCN(C)CC5)c4)c3)C2=O)ccc1OC. The first kappa shape index (κ1) is 29.8. The molecule has 0 N–H and O–H groups in total. The van der Waals surface area contributed by atoms with Crippen LogP contribution in [0.25, 0.3) is 11.1 Å². The molecule has 2 aliphatic rings. The van der Waals surface area contributed by atoms with Gasteiger partial charge >= 0.3 is 6.03 Å². The van der Waals surface area contributed by atoms with Crippen LogP contribution in [0.4, 0.5) is 10.5 Å². The maximum atomic E-state index is 13.7. The van der Waals surface area contributed by atoms with Crippen molar-refractivity contribution in [2.75, 3.05) is 59.0 Å².